The van der Waals surface area contributed by atoms with Crippen LogP contribution < -0.4 is 21.3 Å². The fraction of sp³-hybridized carbons (Fsp3) is 0.409. The Labute approximate surface area is 182 Å². The van der Waals surface area contributed by atoms with Crippen molar-refractivity contribution in [3.8, 4) is 0 Å². The van der Waals surface area contributed by atoms with Crippen molar-refractivity contribution in [2.75, 3.05) is 30.9 Å². The Morgan fingerprint density at radius 2 is 2.16 bits per heavy atom. The van der Waals surface area contributed by atoms with Gasteiger partial charge in [0.05, 0.1) is 23.5 Å². The minimum absolute atomic E-state index is 0.234. The van der Waals surface area contributed by atoms with Crippen LogP contribution in [0.25, 0.3) is 0 Å². The van der Waals surface area contributed by atoms with E-state index in [2.05, 4.69) is 30.7 Å². The number of nitrogens with two attached hydrogens (primary N) is 1. The van der Waals surface area contributed by atoms with Crippen LogP contribution in [-0.2, 0) is 0 Å². The van der Waals surface area contributed by atoms with Gasteiger partial charge >= 0.3 is 0 Å². The molecule has 31 heavy (non-hydrogen) atoms. The zero-order chi connectivity index (χ0) is 22.2. The number of benzene rings is 1. The molecule has 9 heteroatoms. The van der Waals surface area contributed by atoms with Gasteiger partial charge < -0.3 is 26.7 Å². The number of nitrogens with zero attached hydrogens (tertiary/aromatic N) is 4. The van der Waals surface area contributed by atoms with Gasteiger partial charge in [-0.2, -0.15) is 10.2 Å². The highest BCUT2D eigenvalue weighted by Gasteiger charge is 2.28. The molecule has 2 unspecified atom stereocenters. The normalized spacial score (nSPS) is 18.6. The highest BCUT2D eigenvalue weighted by atomic mass is 16.1. The lowest BCUT2D eigenvalue weighted by atomic mass is 9.89. The third kappa shape index (κ3) is 5.64. The lowest BCUT2D eigenvalue weighted by molar-refractivity contribution is 0.100. The molecular weight excluding hydrogens is 392 g/mol. The standard InChI is InChI=1S/C22H30N8O/c1-25-18-8-3-4-9-20(18)30(2)21-13-19(17(14-26-21)22(24)31)28-15-6-5-7-16(12-15)29-27-11-10-23/h5-7,10,12-14,18,20,23,25H,3-4,8-9,11H2,1-2H3,(H2,24,31)(H,26,28). The third-order valence-corrected chi connectivity index (χ3v) is 5.60. The van der Waals surface area contributed by atoms with Gasteiger partial charge in [-0.15, -0.1) is 0 Å². The predicted molar refractivity (Wildman–Crippen MR) is 124 cm³/mol. The van der Waals surface area contributed by atoms with E-state index in [4.69, 9.17) is 11.1 Å². The first kappa shape index (κ1) is 22.4. The highest BCUT2D eigenvalue weighted by Crippen LogP contribution is 2.30. The van der Waals surface area contributed by atoms with Gasteiger partial charge in [0.25, 0.3) is 5.91 Å². The number of aromatic nitrogens is 1. The minimum atomic E-state index is -0.545. The monoisotopic (exact) mass is 422 g/mol. The number of carbonyl (C=O) groups excluding carboxylic acids is 1. The molecule has 1 aromatic carbocycles. The smallest absolute Gasteiger partial charge is 0.252 e. The number of amides is 1. The molecule has 1 aliphatic rings. The maximum atomic E-state index is 12.0. The van der Waals surface area contributed by atoms with Gasteiger partial charge in [-0.05, 0) is 38.1 Å². The number of anilines is 3. The molecular formula is C22H30N8O. The molecule has 1 amide bonds. The van der Waals surface area contributed by atoms with E-state index >= 15 is 0 Å². The molecule has 1 heterocycles. The van der Waals surface area contributed by atoms with Gasteiger partial charge in [-0.25, -0.2) is 4.98 Å². The maximum absolute atomic E-state index is 12.0. The van der Waals surface area contributed by atoms with Crippen LogP contribution in [0.2, 0.25) is 0 Å². The molecule has 5 N–H and O–H groups in total. The summed E-state index contributed by atoms with van der Waals surface area (Å²) >= 11 is 0. The van der Waals surface area contributed by atoms with Gasteiger partial charge in [0.1, 0.15) is 5.82 Å². The second-order valence-electron chi connectivity index (χ2n) is 7.61. The lowest BCUT2D eigenvalue weighted by Crippen LogP contribution is -2.49. The second-order valence-corrected chi connectivity index (χ2v) is 7.61. The molecule has 0 aliphatic heterocycles. The molecule has 9 nitrogen and oxygen atoms in total. The number of carbonyl (C=O) groups is 1. The van der Waals surface area contributed by atoms with Gasteiger partial charge in [0.2, 0.25) is 0 Å². The lowest BCUT2D eigenvalue weighted by Gasteiger charge is -2.38. The number of azo groups is 1. The van der Waals surface area contributed by atoms with Crippen LogP contribution in [0.5, 0.6) is 0 Å². The average Bonchev–Trinajstić information content (AvgIpc) is 2.79. The molecule has 0 saturated heterocycles. The van der Waals surface area contributed by atoms with Crippen LogP contribution in [0.4, 0.5) is 22.9 Å². The summed E-state index contributed by atoms with van der Waals surface area (Å²) in [5, 5.41) is 21.7. The Balaban J connectivity index is 1.88. The third-order valence-electron chi connectivity index (χ3n) is 5.60. The number of nitrogens with one attached hydrogen (secondary N) is 3. The molecule has 0 spiro atoms. The van der Waals surface area contributed by atoms with Gasteiger partial charge in [-0.3, -0.25) is 4.79 Å². The Hall–Kier alpha value is -3.33. The van der Waals surface area contributed by atoms with Crippen molar-refractivity contribution >= 4 is 35.0 Å². The molecule has 1 aromatic heterocycles. The van der Waals surface area contributed by atoms with Crippen molar-refractivity contribution in [2.24, 2.45) is 16.0 Å². The summed E-state index contributed by atoms with van der Waals surface area (Å²) in [5.74, 6) is 0.235. The summed E-state index contributed by atoms with van der Waals surface area (Å²) in [7, 11) is 4.04. The van der Waals surface area contributed by atoms with E-state index in [9.17, 15) is 4.79 Å². The van der Waals surface area contributed by atoms with Crippen molar-refractivity contribution in [1.82, 2.24) is 10.3 Å². The van der Waals surface area contributed by atoms with Crippen LogP contribution in [-0.4, -0.2) is 49.8 Å². The fourth-order valence-corrected chi connectivity index (χ4v) is 3.98. The number of hydrogen-bond acceptors (Lipinski definition) is 8. The highest BCUT2D eigenvalue weighted by molar-refractivity contribution is 5.99. The van der Waals surface area contributed by atoms with Gasteiger partial charge in [0, 0.05) is 43.3 Å². The largest absolute Gasteiger partial charge is 0.365 e. The van der Waals surface area contributed by atoms with E-state index in [0.717, 1.165) is 24.3 Å². The predicted octanol–water partition coefficient (Wildman–Crippen LogP) is 3.62. The summed E-state index contributed by atoms with van der Waals surface area (Å²) in [4.78, 5) is 18.7. The van der Waals surface area contributed by atoms with Crippen LogP contribution in [0.1, 0.15) is 36.0 Å². The number of primary amides is 1. The topological polar surface area (TPSA) is 132 Å². The van der Waals surface area contributed by atoms with E-state index in [1.165, 1.54) is 25.3 Å². The average molecular weight is 423 g/mol. The van der Waals surface area contributed by atoms with Crippen LogP contribution in [0, 0.1) is 5.41 Å². The summed E-state index contributed by atoms with van der Waals surface area (Å²) in [5.41, 5.74) is 7.91. The van der Waals surface area contributed by atoms with Crippen molar-refractivity contribution in [2.45, 2.75) is 37.8 Å². The Morgan fingerprint density at radius 3 is 2.90 bits per heavy atom. The first-order valence-corrected chi connectivity index (χ1v) is 10.5. The summed E-state index contributed by atoms with van der Waals surface area (Å²) in [6.45, 7) is 0.234. The van der Waals surface area contributed by atoms with Crippen molar-refractivity contribution < 1.29 is 4.79 Å². The summed E-state index contributed by atoms with van der Waals surface area (Å²) in [6.07, 6.45) is 7.36. The van der Waals surface area contributed by atoms with Crippen molar-refractivity contribution in [1.29, 1.82) is 5.41 Å². The van der Waals surface area contributed by atoms with E-state index in [-0.39, 0.29) is 6.54 Å². The van der Waals surface area contributed by atoms with Crippen molar-refractivity contribution in [3.05, 3.63) is 42.1 Å². The second kappa shape index (κ2) is 10.6. The number of likely N-dealkylation sites (N-methyl/N-ethyl adjacent to an activating group) is 2. The number of hydrogen-bond donors (Lipinski definition) is 4. The molecule has 2 aromatic rings. The summed E-state index contributed by atoms with van der Waals surface area (Å²) in [6, 6.07) is 9.96. The summed E-state index contributed by atoms with van der Waals surface area (Å²) < 4.78 is 0. The first-order chi connectivity index (χ1) is 15.0. The Kier molecular flexibility index (Phi) is 7.66. The zero-order valence-electron chi connectivity index (χ0n) is 18.0. The molecule has 3 rings (SSSR count). The van der Waals surface area contributed by atoms with E-state index < -0.39 is 5.91 Å². The molecule has 164 valence electrons. The molecule has 1 fully saturated rings. The SMILES string of the molecule is CNC1CCCCC1N(C)c1cc(Nc2cccc(N=NCC=N)c2)c(C(N)=O)cn1. The molecule has 1 aliphatic carbocycles. The Morgan fingerprint density at radius 1 is 1.35 bits per heavy atom. The van der Waals surface area contributed by atoms with Crippen LogP contribution >= 0.6 is 0 Å². The number of rotatable bonds is 9. The molecule has 1 saturated carbocycles. The Bertz CT molecular complexity index is 945. The van der Waals surface area contributed by atoms with E-state index in [1.807, 2.05) is 44.4 Å². The van der Waals surface area contributed by atoms with E-state index in [1.54, 1.807) is 0 Å². The molecule has 2 atom stereocenters. The quantitative estimate of drug-likeness (QED) is 0.362. The zero-order valence-corrected chi connectivity index (χ0v) is 18.0. The maximum Gasteiger partial charge on any atom is 0.252 e. The number of pyridine rings is 1. The van der Waals surface area contributed by atoms with Crippen LogP contribution in [0.3, 0.4) is 0 Å². The minimum Gasteiger partial charge on any atom is -0.365 e. The van der Waals surface area contributed by atoms with Gasteiger partial charge in [-0.1, -0.05) is 18.9 Å². The van der Waals surface area contributed by atoms with Crippen molar-refractivity contribution in [3.63, 3.8) is 0 Å². The van der Waals surface area contributed by atoms with Gasteiger partial charge in [0.15, 0.2) is 0 Å². The van der Waals surface area contributed by atoms with E-state index in [0.29, 0.717) is 29.0 Å². The van der Waals surface area contributed by atoms with Crippen LogP contribution in [0.15, 0.2) is 46.8 Å². The molecule has 0 radical (unpaired) electrons. The fourth-order valence-electron chi connectivity index (χ4n) is 3.98. The molecule has 0 bridgehead atoms. The first-order valence-electron chi connectivity index (χ1n) is 10.5.